The predicted molar refractivity (Wildman–Crippen MR) is 175 cm³/mol. The lowest BCUT2D eigenvalue weighted by atomic mass is 9.76. The van der Waals surface area contributed by atoms with Crippen molar-refractivity contribution >= 4 is 35.9 Å². The number of carbonyl (C=O) groups excluding carboxylic acids is 5. The number of carbonyl (C=O) groups is 5. The average molecular weight is 656 g/mol. The van der Waals surface area contributed by atoms with E-state index in [1.807, 2.05) is 39.0 Å². The number of likely N-dealkylation sites (tertiary alicyclic amines) is 1. The van der Waals surface area contributed by atoms with Crippen LogP contribution in [0.1, 0.15) is 71.1 Å². The van der Waals surface area contributed by atoms with Gasteiger partial charge in [0.1, 0.15) is 23.8 Å². The molecule has 12 nitrogen and oxygen atoms in total. The predicted octanol–water partition coefficient (Wildman–Crippen LogP) is 4.64. The molecule has 0 aliphatic carbocycles. The molecule has 0 spiro atoms. The number of methoxy groups -OCH3 is 1. The summed E-state index contributed by atoms with van der Waals surface area (Å²) in [4.78, 5) is 69.5. The lowest BCUT2D eigenvalue weighted by molar-refractivity contribution is -0.154. The first kappa shape index (κ1) is 37.3. The van der Waals surface area contributed by atoms with Crippen molar-refractivity contribution in [1.82, 2.24) is 15.1 Å². The zero-order valence-corrected chi connectivity index (χ0v) is 28.6. The molecule has 2 aliphatic rings. The monoisotopic (exact) mass is 655 g/mol. The van der Waals surface area contributed by atoms with Gasteiger partial charge in [-0.1, -0.05) is 57.7 Å². The SMILES string of the molecule is C=CCOC[C@H](NC(=O)OC(C)(C)C)C(=O)C[C@H](C(=O)N1C[C@H](OC(=O)N2Cc3cccc(C=C)c3C2)C[C@H]1C(=O)OC)C(C)(C)C. The van der Waals surface area contributed by atoms with Gasteiger partial charge in [0.15, 0.2) is 5.78 Å². The fourth-order valence-corrected chi connectivity index (χ4v) is 5.71. The first-order valence-electron chi connectivity index (χ1n) is 15.8. The molecule has 2 aliphatic heterocycles. The van der Waals surface area contributed by atoms with E-state index in [0.29, 0.717) is 13.1 Å². The van der Waals surface area contributed by atoms with Crippen LogP contribution in [0.3, 0.4) is 0 Å². The Morgan fingerprint density at radius 1 is 1.06 bits per heavy atom. The maximum Gasteiger partial charge on any atom is 0.410 e. The number of Topliss-reactive ketones (excluding diaryl/α,β-unsaturated/α-hetero) is 1. The lowest BCUT2D eigenvalue weighted by Gasteiger charge is -2.35. The summed E-state index contributed by atoms with van der Waals surface area (Å²) in [6.45, 7) is 18.7. The van der Waals surface area contributed by atoms with Gasteiger partial charge in [-0.05, 0) is 42.9 Å². The van der Waals surface area contributed by atoms with Crippen LogP contribution in [0.25, 0.3) is 6.08 Å². The van der Waals surface area contributed by atoms with E-state index in [9.17, 15) is 24.0 Å². The van der Waals surface area contributed by atoms with E-state index in [0.717, 1.165) is 16.7 Å². The standard InChI is InChI=1S/C35H49N3O9/c1-10-15-45-21-27(36-32(42)47-35(6,7)8)29(39)17-26(34(3,4)5)30(40)38-19-24(16-28(38)31(41)44-9)46-33(43)37-18-23-14-12-13-22(11-2)25(23)20-37/h10-14,24,26-28H,1-2,15-21H2,3-9H3,(H,36,42)/t24-,26-,27+,28+/m1/s1. The van der Waals surface area contributed by atoms with Crippen LogP contribution in [-0.4, -0.2) is 90.3 Å². The van der Waals surface area contributed by atoms with Crippen LogP contribution in [0.2, 0.25) is 0 Å². The smallest absolute Gasteiger partial charge is 0.410 e. The van der Waals surface area contributed by atoms with Gasteiger partial charge in [0, 0.05) is 25.3 Å². The molecule has 3 rings (SSSR count). The van der Waals surface area contributed by atoms with Crippen molar-refractivity contribution in [2.45, 2.75) is 91.3 Å². The minimum absolute atomic E-state index is 0.0475. The number of ether oxygens (including phenoxy) is 4. The van der Waals surface area contributed by atoms with Crippen molar-refractivity contribution in [2.75, 3.05) is 26.9 Å². The Kier molecular flexibility index (Phi) is 12.4. The number of hydrogen-bond donors (Lipinski definition) is 1. The molecule has 3 amide bonds. The Hall–Kier alpha value is -4.19. The Balaban J connectivity index is 1.77. The van der Waals surface area contributed by atoms with E-state index in [1.165, 1.54) is 18.1 Å². The van der Waals surface area contributed by atoms with Gasteiger partial charge in [-0.15, -0.1) is 6.58 Å². The normalized spacial score (nSPS) is 18.9. The molecule has 0 radical (unpaired) electrons. The molecule has 0 aromatic heterocycles. The highest BCUT2D eigenvalue weighted by atomic mass is 16.6. The second-order valence-electron chi connectivity index (χ2n) is 13.9. The molecule has 1 saturated heterocycles. The zero-order valence-electron chi connectivity index (χ0n) is 28.6. The topological polar surface area (TPSA) is 141 Å². The van der Waals surface area contributed by atoms with Crippen LogP contribution in [0, 0.1) is 11.3 Å². The third-order valence-electron chi connectivity index (χ3n) is 8.13. The van der Waals surface area contributed by atoms with Crippen LogP contribution in [0.5, 0.6) is 0 Å². The molecule has 258 valence electrons. The van der Waals surface area contributed by atoms with Gasteiger partial charge in [0.2, 0.25) is 5.91 Å². The molecule has 12 heteroatoms. The van der Waals surface area contributed by atoms with Crippen LogP contribution in [0.15, 0.2) is 37.4 Å². The molecular formula is C35H49N3O9. The van der Waals surface area contributed by atoms with Crippen molar-refractivity contribution < 1.29 is 42.9 Å². The minimum Gasteiger partial charge on any atom is -0.467 e. The van der Waals surface area contributed by atoms with Crippen molar-refractivity contribution in [3.8, 4) is 0 Å². The van der Waals surface area contributed by atoms with Gasteiger partial charge >= 0.3 is 18.2 Å². The summed E-state index contributed by atoms with van der Waals surface area (Å²) in [5.41, 5.74) is 1.42. The van der Waals surface area contributed by atoms with Crippen molar-refractivity contribution in [3.05, 3.63) is 54.1 Å². The van der Waals surface area contributed by atoms with Gasteiger partial charge < -0.3 is 29.2 Å². The van der Waals surface area contributed by atoms with E-state index >= 15 is 0 Å². The van der Waals surface area contributed by atoms with Crippen molar-refractivity contribution in [2.24, 2.45) is 11.3 Å². The second-order valence-corrected chi connectivity index (χ2v) is 13.9. The summed E-state index contributed by atoms with van der Waals surface area (Å²) < 4.78 is 21.7. The van der Waals surface area contributed by atoms with Gasteiger partial charge in [0.25, 0.3) is 0 Å². The Labute approximate surface area is 277 Å². The summed E-state index contributed by atoms with van der Waals surface area (Å²) in [5, 5.41) is 2.57. The van der Waals surface area contributed by atoms with Gasteiger partial charge in [-0.3, -0.25) is 14.5 Å². The highest BCUT2D eigenvalue weighted by Crippen LogP contribution is 2.35. The molecule has 0 unspecified atom stereocenters. The van der Waals surface area contributed by atoms with Crippen molar-refractivity contribution in [1.29, 1.82) is 0 Å². The molecule has 1 aromatic carbocycles. The number of hydrogen-bond acceptors (Lipinski definition) is 9. The summed E-state index contributed by atoms with van der Waals surface area (Å²) >= 11 is 0. The molecular weight excluding hydrogens is 606 g/mol. The molecule has 0 bridgehead atoms. The third-order valence-corrected chi connectivity index (χ3v) is 8.13. The average Bonchev–Trinajstić information content (AvgIpc) is 3.62. The van der Waals surface area contributed by atoms with E-state index in [-0.39, 0.29) is 32.6 Å². The molecule has 47 heavy (non-hydrogen) atoms. The van der Waals surface area contributed by atoms with Crippen LogP contribution in [-0.2, 0) is 46.4 Å². The number of benzene rings is 1. The lowest BCUT2D eigenvalue weighted by Crippen LogP contribution is -2.50. The maximum atomic E-state index is 14.2. The van der Waals surface area contributed by atoms with E-state index in [1.54, 1.807) is 31.7 Å². The second kappa shape index (κ2) is 15.6. The number of fused-ring (bicyclic) bond motifs is 1. The summed E-state index contributed by atoms with van der Waals surface area (Å²) in [6, 6.07) is 3.68. The van der Waals surface area contributed by atoms with Gasteiger partial charge in [-0.2, -0.15) is 0 Å². The fraction of sp³-hybridized carbons (Fsp3) is 0.571. The number of nitrogens with one attached hydrogen (secondary N) is 1. The Morgan fingerprint density at radius 3 is 2.36 bits per heavy atom. The molecule has 1 fully saturated rings. The number of esters is 1. The largest absolute Gasteiger partial charge is 0.467 e. The number of amides is 3. The Morgan fingerprint density at radius 2 is 1.77 bits per heavy atom. The highest BCUT2D eigenvalue weighted by Gasteiger charge is 2.47. The van der Waals surface area contributed by atoms with Gasteiger partial charge in [-0.25, -0.2) is 14.4 Å². The number of alkyl carbamates (subject to hydrolysis) is 1. The van der Waals surface area contributed by atoms with Crippen LogP contribution in [0.4, 0.5) is 9.59 Å². The van der Waals surface area contributed by atoms with Gasteiger partial charge in [0.05, 0.1) is 33.4 Å². The third kappa shape index (κ3) is 9.90. The van der Waals surface area contributed by atoms with Crippen LogP contribution < -0.4 is 5.32 Å². The zero-order chi connectivity index (χ0) is 35.1. The van der Waals surface area contributed by atoms with E-state index < -0.39 is 65.0 Å². The maximum absolute atomic E-state index is 14.2. The molecule has 1 N–H and O–H groups in total. The van der Waals surface area contributed by atoms with E-state index in [4.69, 9.17) is 18.9 Å². The number of ketones is 1. The number of rotatable bonds is 12. The number of nitrogens with zero attached hydrogens (tertiary/aromatic N) is 2. The highest BCUT2D eigenvalue weighted by molar-refractivity contribution is 5.93. The molecule has 2 heterocycles. The Bertz CT molecular complexity index is 1360. The first-order chi connectivity index (χ1) is 22.0. The molecule has 4 atom stereocenters. The summed E-state index contributed by atoms with van der Waals surface area (Å²) in [6.07, 6.45) is 0.920. The molecule has 1 aromatic rings. The summed E-state index contributed by atoms with van der Waals surface area (Å²) in [5.74, 6) is -2.46. The minimum atomic E-state index is -1.10. The summed E-state index contributed by atoms with van der Waals surface area (Å²) in [7, 11) is 1.23. The first-order valence-corrected chi connectivity index (χ1v) is 15.8. The van der Waals surface area contributed by atoms with Crippen LogP contribution >= 0.6 is 0 Å². The van der Waals surface area contributed by atoms with E-state index in [2.05, 4.69) is 18.5 Å². The quantitative estimate of drug-likeness (QED) is 0.148. The fourth-order valence-electron chi connectivity index (χ4n) is 5.71. The molecule has 0 saturated carbocycles. The van der Waals surface area contributed by atoms with Crippen molar-refractivity contribution in [3.63, 3.8) is 0 Å².